The Bertz CT molecular complexity index is 923. The van der Waals surface area contributed by atoms with E-state index in [2.05, 4.69) is 49.4 Å². The van der Waals surface area contributed by atoms with Gasteiger partial charge in [-0.3, -0.25) is 14.6 Å². The number of fused-ring (bicyclic) bond motifs is 3. The molecule has 2 aliphatic rings. The summed E-state index contributed by atoms with van der Waals surface area (Å²) in [5, 5.41) is 2.92. The molecule has 0 aliphatic carbocycles. The van der Waals surface area contributed by atoms with Crippen LogP contribution in [0.2, 0.25) is 0 Å². The van der Waals surface area contributed by atoms with Crippen LogP contribution in [-0.2, 0) is 22.5 Å². The summed E-state index contributed by atoms with van der Waals surface area (Å²) in [5.41, 5.74) is 2.45. The van der Waals surface area contributed by atoms with Crippen molar-refractivity contribution in [1.29, 1.82) is 0 Å². The van der Waals surface area contributed by atoms with Gasteiger partial charge in [-0.2, -0.15) is 0 Å². The van der Waals surface area contributed by atoms with Gasteiger partial charge in [0.2, 0.25) is 5.95 Å². The number of carbonyl (C=O) groups is 1. The molecule has 0 saturated carbocycles. The molecule has 8 heteroatoms. The molecule has 1 fully saturated rings. The summed E-state index contributed by atoms with van der Waals surface area (Å²) >= 11 is 0. The smallest absolute Gasteiger partial charge is 0.325 e. The summed E-state index contributed by atoms with van der Waals surface area (Å²) in [4.78, 5) is 25.5. The van der Waals surface area contributed by atoms with Crippen LogP contribution in [0.15, 0.2) is 36.7 Å². The Morgan fingerprint density at radius 3 is 2.86 bits per heavy atom. The first-order chi connectivity index (χ1) is 17.2. The molecule has 1 saturated heterocycles. The summed E-state index contributed by atoms with van der Waals surface area (Å²) in [6.45, 7) is 8.00. The summed E-state index contributed by atoms with van der Waals surface area (Å²) in [5.74, 6) is 1.11. The van der Waals surface area contributed by atoms with Gasteiger partial charge >= 0.3 is 5.97 Å². The minimum absolute atomic E-state index is 0.0687. The molecule has 2 aromatic rings. The van der Waals surface area contributed by atoms with Crippen LogP contribution in [0.4, 0.5) is 5.95 Å². The molecule has 1 N–H and O–H groups in total. The van der Waals surface area contributed by atoms with E-state index in [1.807, 2.05) is 12.4 Å². The molecule has 1 aromatic carbocycles. The second-order valence-corrected chi connectivity index (χ2v) is 9.42. The fourth-order valence-corrected chi connectivity index (χ4v) is 4.97. The number of esters is 1. The Morgan fingerprint density at radius 1 is 1.11 bits per heavy atom. The van der Waals surface area contributed by atoms with E-state index in [1.54, 1.807) is 6.92 Å². The maximum absolute atomic E-state index is 11.5. The molecule has 1 unspecified atom stereocenters. The van der Waals surface area contributed by atoms with Crippen molar-refractivity contribution in [2.45, 2.75) is 58.0 Å². The van der Waals surface area contributed by atoms with Gasteiger partial charge in [-0.05, 0) is 63.3 Å². The van der Waals surface area contributed by atoms with E-state index in [0.717, 1.165) is 50.3 Å². The van der Waals surface area contributed by atoms with Crippen LogP contribution >= 0.6 is 0 Å². The van der Waals surface area contributed by atoms with E-state index in [4.69, 9.17) is 9.47 Å². The minimum Gasteiger partial charge on any atom is -0.494 e. The molecule has 1 aromatic heterocycles. The summed E-state index contributed by atoms with van der Waals surface area (Å²) in [6.07, 6.45) is 10.9. The van der Waals surface area contributed by atoms with E-state index in [-0.39, 0.29) is 12.5 Å². The van der Waals surface area contributed by atoms with Gasteiger partial charge in [-0.15, -0.1) is 0 Å². The van der Waals surface area contributed by atoms with Crippen molar-refractivity contribution in [3.63, 3.8) is 0 Å². The third-order valence-electron chi connectivity index (χ3n) is 6.81. The van der Waals surface area contributed by atoms with Crippen molar-refractivity contribution in [3.8, 4) is 5.75 Å². The molecule has 2 aliphatic heterocycles. The predicted molar refractivity (Wildman–Crippen MR) is 137 cm³/mol. The number of carbonyl (C=O) groups excluding carboxylic acids is 1. The Labute approximate surface area is 209 Å². The Kier molecular flexibility index (Phi) is 9.72. The second-order valence-electron chi connectivity index (χ2n) is 9.42. The second kappa shape index (κ2) is 13.4. The normalized spacial score (nSPS) is 20.2. The lowest BCUT2D eigenvalue weighted by Gasteiger charge is -2.37. The number of nitrogens with zero attached hydrogens (tertiary/aromatic N) is 4. The highest BCUT2D eigenvalue weighted by Gasteiger charge is 2.23. The number of rotatable bonds is 6. The topological polar surface area (TPSA) is 79.8 Å². The van der Waals surface area contributed by atoms with Crippen LogP contribution in [0, 0.1) is 0 Å². The molecule has 0 amide bonds. The summed E-state index contributed by atoms with van der Waals surface area (Å²) in [6, 6.07) is 9.28. The monoisotopic (exact) mass is 481 g/mol. The maximum Gasteiger partial charge on any atom is 0.325 e. The molecule has 4 rings (SSSR count). The summed E-state index contributed by atoms with van der Waals surface area (Å²) < 4.78 is 11.0. The number of hydrogen-bond acceptors (Lipinski definition) is 8. The molecule has 2 bridgehead atoms. The Hall–Kier alpha value is -2.71. The van der Waals surface area contributed by atoms with Crippen LogP contribution < -0.4 is 10.1 Å². The van der Waals surface area contributed by atoms with Crippen molar-refractivity contribution in [2.75, 3.05) is 51.3 Å². The fraction of sp³-hybridized carbons (Fsp3) is 0.593. The number of nitrogens with one attached hydrogen (secondary N) is 1. The molecule has 0 spiro atoms. The maximum atomic E-state index is 11.5. The van der Waals surface area contributed by atoms with Gasteiger partial charge in [0.1, 0.15) is 12.3 Å². The van der Waals surface area contributed by atoms with Gasteiger partial charge in [-0.1, -0.05) is 18.6 Å². The van der Waals surface area contributed by atoms with E-state index >= 15 is 0 Å². The van der Waals surface area contributed by atoms with E-state index in [1.165, 1.54) is 37.8 Å². The Balaban J connectivity index is 1.37. The lowest BCUT2D eigenvalue weighted by Crippen LogP contribution is -2.44. The van der Waals surface area contributed by atoms with E-state index < -0.39 is 0 Å². The highest BCUT2D eigenvalue weighted by molar-refractivity contribution is 5.74. The van der Waals surface area contributed by atoms with Gasteiger partial charge in [0.25, 0.3) is 0 Å². The van der Waals surface area contributed by atoms with Crippen LogP contribution in [0.5, 0.6) is 5.75 Å². The minimum atomic E-state index is -0.309. The van der Waals surface area contributed by atoms with Crippen molar-refractivity contribution >= 4 is 11.9 Å². The first-order valence-corrected chi connectivity index (χ1v) is 13.1. The number of aromatic nitrogens is 2. The van der Waals surface area contributed by atoms with Crippen LogP contribution in [0.25, 0.3) is 0 Å². The molecular weight excluding hydrogens is 442 g/mol. The standard InChI is InChI=1S/C27H39N5O3/c1-2-34-26(33)20-30-27-28-18-23(19-29-27)21-31-12-6-16-35-25-9-5-7-22(17-25)10-11-24-8-3-4-13-32(24)15-14-31/h5,7,9,17-19,24H,2-4,6,8,10-16,20-21H2,1H3,(H,28,29,30). The third-order valence-corrected chi connectivity index (χ3v) is 6.81. The van der Waals surface area contributed by atoms with Crippen molar-refractivity contribution in [1.82, 2.24) is 19.8 Å². The highest BCUT2D eigenvalue weighted by atomic mass is 16.5. The zero-order valence-corrected chi connectivity index (χ0v) is 21.0. The number of aryl methyl sites for hydroxylation is 1. The number of benzene rings is 1. The first kappa shape index (κ1) is 25.4. The molecule has 3 heterocycles. The third kappa shape index (κ3) is 8.18. The molecule has 8 nitrogen and oxygen atoms in total. The molecule has 190 valence electrons. The lowest BCUT2D eigenvalue weighted by atomic mass is 9.95. The van der Waals surface area contributed by atoms with Crippen molar-refractivity contribution in [3.05, 3.63) is 47.8 Å². The first-order valence-electron chi connectivity index (χ1n) is 13.1. The van der Waals surface area contributed by atoms with Crippen LogP contribution in [0.1, 0.15) is 50.2 Å². The molecular formula is C27H39N5O3. The Morgan fingerprint density at radius 2 is 2.00 bits per heavy atom. The average molecular weight is 482 g/mol. The lowest BCUT2D eigenvalue weighted by molar-refractivity contribution is -0.140. The summed E-state index contributed by atoms with van der Waals surface area (Å²) in [7, 11) is 0. The molecule has 0 radical (unpaired) electrons. The van der Waals surface area contributed by atoms with Crippen molar-refractivity contribution in [2.24, 2.45) is 0 Å². The van der Waals surface area contributed by atoms with E-state index in [0.29, 0.717) is 25.2 Å². The molecule has 1 atom stereocenters. The number of piperidine rings is 1. The number of ether oxygens (including phenoxy) is 2. The predicted octanol–water partition coefficient (Wildman–Crippen LogP) is 3.52. The SMILES string of the molecule is CCOC(=O)CNc1ncc(CN2CCCOc3cccc(c3)CCC3CCCCN3CC2)cn1. The van der Waals surface area contributed by atoms with Crippen LogP contribution in [0.3, 0.4) is 0 Å². The van der Waals surface area contributed by atoms with Gasteiger partial charge in [0, 0.05) is 50.2 Å². The number of anilines is 1. The van der Waals surface area contributed by atoms with Crippen molar-refractivity contribution < 1.29 is 14.3 Å². The average Bonchev–Trinajstić information content (AvgIpc) is 2.88. The van der Waals surface area contributed by atoms with Crippen LogP contribution in [-0.4, -0.2) is 77.7 Å². The zero-order chi connectivity index (χ0) is 24.3. The fourth-order valence-electron chi connectivity index (χ4n) is 4.97. The van der Waals surface area contributed by atoms with Gasteiger partial charge in [0.05, 0.1) is 13.2 Å². The largest absolute Gasteiger partial charge is 0.494 e. The van der Waals surface area contributed by atoms with Gasteiger partial charge in [0.15, 0.2) is 0 Å². The van der Waals surface area contributed by atoms with Gasteiger partial charge in [-0.25, -0.2) is 9.97 Å². The zero-order valence-electron chi connectivity index (χ0n) is 21.0. The van der Waals surface area contributed by atoms with Gasteiger partial charge < -0.3 is 14.8 Å². The van der Waals surface area contributed by atoms with E-state index in [9.17, 15) is 4.79 Å². The highest BCUT2D eigenvalue weighted by Crippen LogP contribution is 2.23. The number of hydrogen-bond donors (Lipinski definition) is 1. The quantitative estimate of drug-likeness (QED) is 0.628. The molecule has 35 heavy (non-hydrogen) atoms.